The van der Waals surface area contributed by atoms with Crippen LogP contribution in [0.25, 0.3) is 0 Å². The zero-order valence-corrected chi connectivity index (χ0v) is 12.1. The fourth-order valence-electron chi connectivity index (χ4n) is 1.54. The minimum atomic E-state index is 0.445. The highest BCUT2D eigenvalue weighted by Gasteiger charge is 2.21. The third-order valence-electron chi connectivity index (χ3n) is 2.30. The smallest absolute Gasteiger partial charge is 0.143 e. The Morgan fingerprint density at radius 2 is 1.86 bits per heavy atom. The van der Waals surface area contributed by atoms with Gasteiger partial charge in [0.05, 0.1) is 10.5 Å². The van der Waals surface area contributed by atoms with E-state index in [0.29, 0.717) is 6.04 Å². The first-order valence-corrected chi connectivity index (χ1v) is 6.75. The molecule has 0 unspecified atom stereocenters. The number of ether oxygens (including phenoxy) is 1. The summed E-state index contributed by atoms with van der Waals surface area (Å²) in [5.74, 6) is 0. The second-order valence-corrected chi connectivity index (χ2v) is 5.48. The summed E-state index contributed by atoms with van der Waals surface area (Å²) in [5.41, 5.74) is 0. The van der Waals surface area contributed by atoms with Crippen molar-refractivity contribution in [2.24, 2.45) is 0 Å². The summed E-state index contributed by atoms with van der Waals surface area (Å²) in [5, 5.41) is 4.42. The maximum Gasteiger partial charge on any atom is 0.143 e. The van der Waals surface area contributed by atoms with E-state index < -0.39 is 0 Å². The second-order valence-electron chi connectivity index (χ2n) is 3.18. The third kappa shape index (κ3) is 2.08. The van der Waals surface area contributed by atoms with Crippen LogP contribution >= 0.6 is 47.8 Å². The van der Waals surface area contributed by atoms with Crippen molar-refractivity contribution >= 4 is 47.8 Å². The Balaban J connectivity index is 2.26. The van der Waals surface area contributed by atoms with Crippen LogP contribution in [0.15, 0.2) is 13.7 Å². The molecular weight excluding hydrogens is 380 g/mol. The SMILES string of the molecule is Brc1nn(C2CCOCC2)c(Br)c1Br. The summed E-state index contributed by atoms with van der Waals surface area (Å²) >= 11 is 10.4. The molecule has 1 saturated heterocycles. The highest BCUT2D eigenvalue weighted by molar-refractivity contribution is 9.14. The molecule has 6 heteroatoms. The van der Waals surface area contributed by atoms with Gasteiger partial charge in [0, 0.05) is 13.2 Å². The van der Waals surface area contributed by atoms with Crippen LogP contribution in [0.1, 0.15) is 18.9 Å². The van der Waals surface area contributed by atoms with Crippen LogP contribution < -0.4 is 0 Å². The van der Waals surface area contributed by atoms with E-state index in [1.807, 2.05) is 4.68 Å². The topological polar surface area (TPSA) is 27.1 Å². The monoisotopic (exact) mass is 386 g/mol. The van der Waals surface area contributed by atoms with Gasteiger partial charge in [0.2, 0.25) is 0 Å². The maximum atomic E-state index is 5.32. The first-order valence-electron chi connectivity index (χ1n) is 4.37. The van der Waals surface area contributed by atoms with Crippen LogP contribution in [0.2, 0.25) is 0 Å². The van der Waals surface area contributed by atoms with Crippen molar-refractivity contribution in [2.75, 3.05) is 13.2 Å². The zero-order valence-electron chi connectivity index (χ0n) is 7.34. The molecule has 14 heavy (non-hydrogen) atoms. The Morgan fingerprint density at radius 1 is 1.21 bits per heavy atom. The molecule has 0 aliphatic carbocycles. The lowest BCUT2D eigenvalue weighted by Crippen LogP contribution is -2.20. The molecule has 0 saturated carbocycles. The Bertz CT molecular complexity index is 334. The molecular formula is C8H9Br3N2O. The molecule has 0 radical (unpaired) electrons. The lowest BCUT2D eigenvalue weighted by atomic mass is 10.1. The minimum Gasteiger partial charge on any atom is -0.381 e. The van der Waals surface area contributed by atoms with E-state index in [-0.39, 0.29) is 0 Å². The van der Waals surface area contributed by atoms with E-state index in [9.17, 15) is 0 Å². The van der Waals surface area contributed by atoms with Crippen LogP contribution in [-0.4, -0.2) is 23.0 Å². The van der Waals surface area contributed by atoms with Crippen molar-refractivity contribution in [2.45, 2.75) is 18.9 Å². The van der Waals surface area contributed by atoms with Gasteiger partial charge in [-0.2, -0.15) is 5.10 Å². The summed E-state index contributed by atoms with van der Waals surface area (Å²) in [6.45, 7) is 1.65. The number of rotatable bonds is 1. The van der Waals surface area contributed by atoms with E-state index in [1.165, 1.54) is 0 Å². The summed E-state index contributed by atoms with van der Waals surface area (Å²) < 4.78 is 10.1. The Kier molecular flexibility index (Phi) is 3.68. The summed E-state index contributed by atoms with van der Waals surface area (Å²) in [4.78, 5) is 0. The van der Waals surface area contributed by atoms with E-state index in [1.54, 1.807) is 0 Å². The van der Waals surface area contributed by atoms with E-state index in [0.717, 1.165) is 39.7 Å². The number of halogens is 3. The van der Waals surface area contributed by atoms with Gasteiger partial charge < -0.3 is 4.74 Å². The molecule has 1 aromatic heterocycles. The normalized spacial score (nSPS) is 18.8. The van der Waals surface area contributed by atoms with Crippen molar-refractivity contribution < 1.29 is 4.74 Å². The number of nitrogens with zero attached hydrogens (tertiary/aromatic N) is 2. The van der Waals surface area contributed by atoms with Crippen molar-refractivity contribution in [1.82, 2.24) is 9.78 Å². The molecule has 1 fully saturated rings. The van der Waals surface area contributed by atoms with Crippen LogP contribution in [0.4, 0.5) is 0 Å². The van der Waals surface area contributed by atoms with Crippen molar-refractivity contribution in [3.05, 3.63) is 13.7 Å². The fraction of sp³-hybridized carbons (Fsp3) is 0.625. The van der Waals surface area contributed by atoms with Gasteiger partial charge in [-0.15, -0.1) is 0 Å². The van der Waals surface area contributed by atoms with Crippen molar-refractivity contribution in [3.63, 3.8) is 0 Å². The molecule has 2 rings (SSSR count). The molecule has 3 nitrogen and oxygen atoms in total. The molecule has 0 bridgehead atoms. The van der Waals surface area contributed by atoms with Gasteiger partial charge in [-0.1, -0.05) is 0 Å². The van der Waals surface area contributed by atoms with Gasteiger partial charge in [-0.3, -0.25) is 4.68 Å². The zero-order chi connectivity index (χ0) is 10.1. The summed E-state index contributed by atoms with van der Waals surface area (Å²) in [6, 6.07) is 0.445. The number of aromatic nitrogens is 2. The van der Waals surface area contributed by atoms with E-state index in [2.05, 4.69) is 52.9 Å². The predicted molar refractivity (Wildman–Crippen MR) is 64.4 cm³/mol. The van der Waals surface area contributed by atoms with Gasteiger partial charge in [-0.25, -0.2) is 0 Å². The first-order chi connectivity index (χ1) is 6.70. The van der Waals surface area contributed by atoms with Gasteiger partial charge >= 0.3 is 0 Å². The van der Waals surface area contributed by atoms with Crippen LogP contribution in [0.5, 0.6) is 0 Å². The molecule has 0 N–H and O–H groups in total. The van der Waals surface area contributed by atoms with Gasteiger partial charge in [0.25, 0.3) is 0 Å². The quantitative estimate of drug-likeness (QED) is 0.736. The van der Waals surface area contributed by atoms with E-state index >= 15 is 0 Å². The van der Waals surface area contributed by atoms with Crippen LogP contribution in [-0.2, 0) is 4.74 Å². The van der Waals surface area contributed by atoms with Gasteiger partial charge in [0.15, 0.2) is 0 Å². The average molecular weight is 389 g/mol. The fourth-order valence-corrected chi connectivity index (χ4v) is 2.98. The highest BCUT2D eigenvalue weighted by Crippen LogP contribution is 2.34. The molecule has 2 heterocycles. The molecule has 0 spiro atoms. The molecule has 1 aliphatic heterocycles. The molecule has 78 valence electrons. The molecule has 1 aromatic rings. The Labute approximate surface area is 108 Å². The standard InChI is InChI=1S/C8H9Br3N2O/c9-6-7(10)12-13(8(6)11)5-1-3-14-4-2-5/h5H,1-4H2. The Morgan fingerprint density at radius 3 is 2.36 bits per heavy atom. The van der Waals surface area contributed by atoms with Crippen LogP contribution in [0.3, 0.4) is 0 Å². The third-order valence-corrected chi connectivity index (χ3v) is 5.43. The van der Waals surface area contributed by atoms with Gasteiger partial charge in [-0.05, 0) is 60.6 Å². The molecule has 1 aliphatic rings. The lowest BCUT2D eigenvalue weighted by Gasteiger charge is -2.22. The molecule has 0 atom stereocenters. The lowest BCUT2D eigenvalue weighted by molar-refractivity contribution is 0.0655. The summed E-state index contributed by atoms with van der Waals surface area (Å²) in [6.07, 6.45) is 2.05. The number of hydrogen-bond acceptors (Lipinski definition) is 2. The predicted octanol–water partition coefficient (Wildman–Crippen LogP) is 3.52. The van der Waals surface area contributed by atoms with Crippen molar-refractivity contribution in [3.8, 4) is 0 Å². The second kappa shape index (κ2) is 4.63. The van der Waals surface area contributed by atoms with Crippen molar-refractivity contribution in [1.29, 1.82) is 0 Å². The van der Waals surface area contributed by atoms with Crippen LogP contribution in [0, 0.1) is 0 Å². The minimum absolute atomic E-state index is 0.445. The molecule has 0 aromatic carbocycles. The largest absolute Gasteiger partial charge is 0.381 e. The maximum absolute atomic E-state index is 5.32. The average Bonchev–Trinajstić information content (AvgIpc) is 2.47. The van der Waals surface area contributed by atoms with Gasteiger partial charge in [0.1, 0.15) is 9.21 Å². The highest BCUT2D eigenvalue weighted by atomic mass is 79.9. The summed E-state index contributed by atoms with van der Waals surface area (Å²) in [7, 11) is 0. The number of hydrogen-bond donors (Lipinski definition) is 0. The molecule has 0 amide bonds. The van der Waals surface area contributed by atoms with E-state index in [4.69, 9.17) is 4.74 Å². The Hall–Kier alpha value is 0.610. The first kappa shape index (κ1) is 11.1.